The van der Waals surface area contributed by atoms with Gasteiger partial charge in [0.1, 0.15) is 5.82 Å². The third-order valence-corrected chi connectivity index (χ3v) is 4.85. The van der Waals surface area contributed by atoms with Crippen molar-refractivity contribution in [3.8, 4) is 0 Å². The van der Waals surface area contributed by atoms with E-state index in [4.69, 9.17) is 11.6 Å². The molecule has 0 aromatic heterocycles. The van der Waals surface area contributed by atoms with Crippen LogP contribution in [0.4, 0.5) is 4.39 Å². The zero-order valence-electron chi connectivity index (χ0n) is 13.4. The zero-order valence-corrected chi connectivity index (χ0v) is 15.8. The molecule has 2 atom stereocenters. The lowest BCUT2D eigenvalue weighted by atomic mass is 9.89. The molecule has 1 aromatic rings. The normalized spacial score (nSPS) is 18.0. The van der Waals surface area contributed by atoms with E-state index >= 15 is 0 Å². The molecular weight excluding hydrogens is 346 g/mol. The molecule has 22 heavy (non-hydrogen) atoms. The molecule has 1 aliphatic rings. The van der Waals surface area contributed by atoms with E-state index in [1.807, 2.05) is 6.92 Å². The Morgan fingerprint density at radius 2 is 1.86 bits per heavy atom. The molecule has 2 rings (SSSR count). The number of hydrogen-bond acceptors (Lipinski definition) is 2. The molecule has 1 heterocycles. The van der Waals surface area contributed by atoms with Gasteiger partial charge in [0.2, 0.25) is 0 Å². The van der Waals surface area contributed by atoms with Crippen LogP contribution in [-0.4, -0.2) is 31.1 Å². The van der Waals surface area contributed by atoms with Gasteiger partial charge in [0.25, 0.3) is 0 Å². The third-order valence-electron chi connectivity index (χ3n) is 4.34. The van der Waals surface area contributed by atoms with Crippen LogP contribution in [-0.2, 0) is 0 Å². The van der Waals surface area contributed by atoms with E-state index in [9.17, 15) is 4.39 Å². The molecule has 1 aromatic carbocycles. The van der Waals surface area contributed by atoms with Crippen LogP contribution in [0.1, 0.15) is 37.4 Å². The van der Waals surface area contributed by atoms with Crippen LogP contribution in [0.3, 0.4) is 0 Å². The topological polar surface area (TPSA) is 15.3 Å². The lowest BCUT2D eigenvalue weighted by Gasteiger charge is -2.39. The molecule has 0 amide bonds. The Hall–Kier alpha value is -0.0600. The molecule has 128 valence electrons. The van der Waals surface area contributed by atoms with Crippen LogP contribution in [0.2, 0.25) is 5.02 Å². The third kappa shape index (κ3) is 4.72. The molecule has 2 nitrogen and oxygen atoms in total. The highest BCUT2D eigenvalue weighted by Crippen LogP contribution is 2.38. The number of halogens is 4. The van der Waals surface area contributed by atoms with Gasteiger partial charge in [-0.1, -0.05) is 37.9 Å². The number of nitrogens with zero attached hydrogens (tertiary/aromatic N) is 1. The van der Waals surface area contributed by atoms with Crippen molar-refractivity contribution >= 4 is 36.4 Å². The minimum atomic E-state index is -0.176. The standard InChI is InChI=1S/C16H24ClFN2.2ClH/c1-4-11(2)16(20-9-7-19-8-10-20)14-13(18)6-5-12(3)15(14)17;;/h5-6,11,16,19H,4,7-10H2,1-3H3;2*1H/t11?,16-;;/m1../s1. The van der Waals surface area contributed by atoms with Crippen molar-refractivity contribution in [3.63, 3.8) is 0 Å². The van der Waals surface area contributed by atoms with Crippen LogP contribution in [0, 0.1) is 18.7 Å². The van der Waals surface area contributed by atoms with Crippen LogP contribution < -0.4 is 5.32 Å². The predicted octanol–water partition coefficient (Wildman–Crippen LogP) is 4.62. The minimum Gasteiger partial charge on any atom is -0.314 e. The van der Waals surface area contributed by atoms with Crippen molar-refractivity contribution in [1.82, 2.24) is 10.2 Å². The van der Waals surface area contributed by atoms with Crippen molar-refractivity contribution in [2.24, 2.45) is 5.92 Å². The highest BCUT2D eigenvalue weighted by atomic mass is 35.5. The summed E-state index contributed by atoms with van der Waals surface area (Å²) in [5.74, 6) is 0.200. The smallest absolute Gasteiger partial charge is 0.129 e. The number of benzene rings is 1. The van der Waals surface area contributed by atoms with Crippen LogP contribution >= 0.6 is 36.4 Å². The summed E-state index contributed by atoms with van der Waals surface area (Å²) in [6, 6.07) is 3.37. The lowest BCUT2D eigenvalue weighted by molar-refractivity contribution is 0.125. The van der Waals surface area contributed by atoms with Gasteiger partial charge >= 0.3 is 0 Å². The second kappa shape index (κ2) is 9.94. The van der Waals surface area contributed by atoms with E-state index in [1.54, 1.807) is 12.1 Å². The first-order chi connectivity index (χ1) is 9.56. The van der Waals surface area contributed by atoms with E-state index in [1.165, 1.54) is 0 Å². The van der Waals surface area contributed by atoms with Crippen molar-refractivity contribution in [3.05, 3.63) is 34.1 Å². The molecule has 1 fully saturated rings. The Bertz CT molecular complexity index is 465. The second-order valence-corrected chi connectivity index (χ2v) is 6.09. The first-order valence-electron chi connectivity index (χ1n) is 7.45. The molecule has 0 spiro atoms. The zero-order chi connectivity index (χ0) is 14.7. The first kappa shape index (κ1) is 21.9. The average molecular weight is 372 g/mol. The van der Waals surface area contributed by atoms with Crippen LogP contribution in [0.15, 0.2) is 12.1 Å². The average Bonchev–Trinajstić information content (AvgIpc) is 2.48. The molecule has 0 aliphatic carbocycles. The van der Waals surface area contributed by atoms with Gasteiger partial charge in [-0.05, 0) is 24.5 Å². The number of nitrogens with one attached hydrogen (secondary N) is 1. The molecule has 1 aliphatic heterocycles. The molecule has 0 radical (unpaired) electrons. The number of rotatable bonds is 4. The van der Waals surface area contributed by atoms with Gasteiger partial charge in [0.05, 0.1) is 5.02 Å². The summed E-state index contributed by atoms with van der Waals surface area (Å²) in [7, 11) is 0. The number of aryl methyl sites for hydroxylation is 1. The highest BCUT2D eigenvalue weighted by Gasteiger charge is 2.30. The Balaban J connectivity index is 0.00000220. The molecule has 0 bridgehead atoms. The van der Waals surface area contributed by atoms with Gasteiger partial charge in [0, 0.05) is 37.8 Å². The lowest BCUT2D eigenvalue weighted by Crippen LogP contribution is -2.46. The molecule has 1 saturated heterocycles. The monoisotopic (exact) mass is 370 g/mol. The van der Waals surface area contributed by atoms with E-state index in [2.05, 4.69) is 24.1 Å². The summed E-state index contributed by atoms with van der Waals surface area (Å²) in [6.07, 6.45) is 1.01. The molecule has 6 heteroatoms. The van der Waals surface area contributed by atoms with Crippen molar-refractivity contribution in [1.29, 1.82) is 0 Å². The summed E-state index contributed by atoms with van der Waals surface area (Å²) in [4.78, 5) is 2.37. The summed E-state index contributed by atoms with van der Waals surface area (Å²) in [5.41, 5.74) is 1.63. The Kier molecular flexibility index (Phi) is 9.91. The van der Waals surface area contributed by atoms with Gasteiger partial charge in [-0.3, -0.25) is 4.90 Å². The molecule has 0 saturated carbocycles. The number of piperazine rings is 1. The van der Waals surface area contributed by atoms with E-state index in [0.717, 1.165) is 38.2 Å². The fraction of sp³-hybridized carbons (Fsp3) is 0.625. The highest BCUT2D eigenvalue weighted by molar-refractivity contribution is 6.32. The maximum atomic E-state index is 14.4. The summed E-state index contributed by atoms with van der Waals surface area (Å²) < 4.78 is 14.4. The maximum absolute atomic E-state index is 14.4. The molecule has 1 N–H and O–H groups in total. The molecule has 1 unspecified atom stereocenters. The maximum Gasteiger partial charge on any atom is 0.129 e. The van der Waals surface area contributed by atoms with Crippen molar-refractivity contribution < 1.29 is 4.39 Å². The predicted molar refractivity (Wildman–Crippen MR) is 97.3 cm³/mol. The van der Waals surface area contributed by atoms with E-state index < -0.39 is 0 Å². The van der Waals surface area contributed by atoms with E-state index in [-0.39, 0.29) is 36.7 Å². The van der Waals surface area contributed by atoms with Crippen LogP contribution in [0.5, 0.6) is 0 Å². The quantitative estimate of drug-likeness (QED) is 0.830. The fourth-order valence-electron chi connectivity index (χ4n) is 2.96. The van der Waals surface area contributed by atoms with Crippen molar-refractivity contribution in [2.75, 3.05) is 26.2 Å². The molecular formula is C16H26Cl3FN2. The van der Waals surface area contributed by atoms with Gasteiger partial charge in [-0.15, -0.1) is 24.8 Å². The summed E-state index contributed by atoms with van der Waals surface area (Å²) in [5, 5.41) is 3.94. The summed E-state index contributed by atoms with van der Waals surface area (Å²) >= 11 is 6.43. The minimum absolute atomic E-state index is 0. The summed E-state index contributed by atoms with van der Waals surface area (Å²) in [6.45, 7) is 10.1. The fourth-order valence-corrected chi connectivity index (χ4v) is 3.23. The van der Waals surface area contributed by atoms with Gasteiger partial charge in [-0.2, -0.15) is 0 Å². The van der Waals surface area contributed by atoms with Gasteiger partial charge in [-0.25, -0.2) is 4.39 Å². The van der Waals surface area contributed by atoms with Gasteiger partial charge < -0.3 is 5.32 Å². The van der Waals surface area contributed by atoms with Crippen molar-refractivity contribution in [2.45, 2.75) is 33.2 Å². The number of hydrogen-bond donors (Lipinski definition) is 1. The Labute approximate surface area is 150 Å². The van der Waals surface area contributed by atoms with Gasteiger partial charge in [0.15, 0.2) is 0 Å². The largest absolute Gasteiger partial charge is 0.314 e. The Morgan fingerprint density at radius 1 is 1.27 bits per heavy atom. The second-order valence-electron chi connectivity index (χ2n) is 5.71. The van der Waals surface area contributed by atoms with E-state index in [0.29, 0.717) is 16.5 Å². The SMILES string of the molecule is CCC(C)[C@H](c1c(F)ccc(C)c1Cl)N1CCNCC1.Cl.Cl. The van der Waals surface area contributed by atoms with Crippen LogP contribution in [0.25, 0.3) is 0 Å². The Morgan fingerprint density at radius 3 is 2.41 bits per heavy atom. The first-order valence-corrected chi connectivity index (χ1v) is 7.83.